The molecule has 20 heavy (non-hydrogen) atoms. The van der Waals surface area contributed by atoms with E-state index in [0.29, 0.717) is 18.6 Å². The highest BCUT2D eigenvalue weighted by molar-refractivity contribution is 5.79. The van der Waals surface area contributed by atoms with Crippen molar-refractivity contribution in [1.82, 2.24) is 15.5 Å². The molecule has 2 N–H and O–H groups in total. The number of amides is 1. The van der Waals surface area contributed by atoms with Gasteiger partial charge in [0.15, 0.2) is 0 Å². The summed E-state index contributed by atoms with van der Waals surface area (Å²) in [5, 5.41) is 15.9. The molecule has 1 aliphatic carbocycles. The van der Waals surface area contributed by atoms with Crippen molar-refractivity contribution in [2.75, 3.05) is 19.6 Å². The van der Waals surface area contributed by atoms with Crippen molar-refractivity contribution in [2.24, 2.45) is 0 Å². The Morgan fingerprint density at radius 2 is 2.05 bits per heavy atom. The van der Waals surface area contributed by atoms with Crippen LogP contribution < -0.4 is 10.6 Å². The highest BCUT2D eigenvalue weighted by atomic mass is 16.2. The fourth-order valence-electron chi connectivity index (χ4n) is 3.91. The van der Waals surface area contributed by atoms with E-state index >= 15 is 0 Å². The van der Waals surface area contributed by atoms with Gasteiger partial charge in [-0.05, 0) is 44.9 Å². The molecule has 2 aliphatic heterocycles. The van der Waals surface area contributed by atoms with Gasteiger partial charge in [-0.25, -0.2) is 0 Å². The van der Waals surface area contributed by atoms with E-state index in [-0.39, 0.29) is 5.91 Å². The Balaban J connectivity index is 1.52. The smallest absolute Gasteiger partial charge is 0.235 e. The van der Waals surface area contributed by atoms with Crippen molar-refractivity contribution in [3.63, 3.8) is 0 Å². The summed E-state index contributed by atoms with van der Waals surface area (Å²) in [6, 6.07) is 3.52. The van der Waals surface area contributed by atoms with Gasteiger partial charge in [-0.15, -0.1) is 0 Å². The maximum absolute atomic E-state index is 12.2. The highest BCUT2D eigenvalue weighted by Gasteiger charge is 2.36. The first kappa shape index (κ1) is 13.8. The summed E-state index contributed by atoms with van der Waals surface area (Å²) in [7, 11) is 0. The minimum Gasteiger partial charge on any atom is -0.337 e. The molecule has 0 aromatic rings. The third-order valence-electron chi connectivity index (χ3n) is 5.02. The summed E-state index contributed by atoms with van der Waals surface area (Å²) in [5.74, 6) is 0.0197. The van der Waals surface area contributed by atoms with Crippen LogP contribution in [-0.4, -0.2) is 48.1 Å². The molecule has 3 rings (SSSR count). The lowest BCUT2D eigenvalue weighted by Crippen LogP contribution is -2.50. The number of nitrogens with one attached hydrogen (secondary N) is 2. The van der Waals surface area contributed by atoms with E-state index in [9.17, 15) is 10.1 Å². The lowest BCUT2D eigenvalue weighted by atomic mass is 10.00. The molecule has 2 heterocycles. The molecule has 0 spiro atoms. The molecule has 3 aliphatic rings. The molecule has 2 atom stereocenters. The van der Waals surface area contributed by atoms with Crippen LogP contribution in [0.1, 0.15) is 44.9 Å². The van der Waals surface area contributed by atoms with Crippen LogP contribution in [-0.2, 0) is 4.79 Å². The standard InChI is InChI=1S/C15H24N4O/c16-11-15(6-1-2-7-15)18-14(20)10-19-8-5-12-3-4-13(9-19)17-12/h12-13,17H,1-10H2,(H,18,20). The Morgan fingerprint density at radius 3 is 2.80 bits per heavy atom. The van der Waals surface area contributed by atoms with E-state index in [0.717, 1.165) is 45.2 Å². The normalized spacial score (nSPS) is 32.5. The number of carbonyl (C=O) groups is 1. The number of hydrogen-bond acceptors (Lipinski definition) is 4. The van der Waals surface area contributed by atoms with Crippen LogP contribution >= 0.6 is 0 Å². The largest absolute Gasteiger partial charge is 0.337 e. The number of carbonyl (C=O) groups excluding carboxylic acids is 1. The van der Waals surface area contributed by atoms with Gasteiger partial charge in [0, 0.05) is 25.2 Å². The molecule has 0 radical (unpaired) electrons. The lowest BCUT2D eigenvalue weighted by molar-refractivity contribution is -0.123. The zero-order valence-corrected chi connectivity index (χ0v) is 12.0. The van der Waals surface area contributed by atoms with Gasteiger partial charge in [-0.1, -0.05) is 0 Å². The summed E-state index contributed by atoms with van der Waals surface area (Å²) in [6.07, 6.45) is 7.35. The SMILES string of the molecule is N#CC1(NC(=O)CN2CCC3CCC(C2)N3)CCCC1. The minimum atomic E-state index is -0.583. The van der Waals surface area contributed by atoms with Gasteiger partial charge in [-0.2, -0.15) is 5.26 Å². The molecule has 5 heteroatoms. The van der Waals surface area contributed by atoms with Crippen LogP contribution in [0.2, 0.25) is 0 Å². The number of nitrogens with zero attached hydrogens (tertiary/aromatic N) is 2. The highest BCUT2D eigenvalue weighted by Crippen LogP contribution is 2.28. The number of fused-ring (bicyclic) bond motifs is 2. The fourth-order valence-corrected chi connectivity index (χ4v) is 3.91. The first-order chi connectivity index (χ1) is 9.69. The average Bonchev–Trinajstić information content (AvgIpc) is 3.00. The Labute approximate surface area is 120 Å². The van der Waals surface area contributed by atoms with E-state index in [4.69, 9.17) is 0 Å². The second-order valence-corrected chi connectivity index (χ2v) is 6.61. The van der Waals surface area contributed by atoms with Crippen LogP contribution in [0.15, 0.2) is 0 Å². The van der Waals surface area contributed by atoms with Gasteiger partial charge >= 0.3 is 0 Å². The van der Waals surface area contributed by atoms with E-state index in [2.05, 4.69) is 21.6 Å². The molecule has 2 unspecified atom stereocenters. The molecule has 1 saturated carbocycles. The fraction of sp³-hybridized carbons (Fsp3) is 0.867. The molecule has 3 fully saturated rings. The summed E-state index contributed by atoms with van der Waals surface area (Å²) in [6.45, 7) is 2.39. The summed E-state index contributed by atoms with van der Waals surface area (Å²) in [5.41, 5.74) is -0.583. The Kier molecular flexibility index (Phi) is 3.95. The van der Waals surface area contributed by atoms with E-state index < -0.39 is 5.54 Å². The van der Waals surface area contributed by atoms with Crippen LogP contribution in [0.5, 0.6) is 0 Å². The molecule has 2 saturated heterocycles. The van der Waals surface area contributed by atoms with E-state index in [1.165, 1.54) is 12.8 Å². The lowest BCUT2D eigenvalue weighted by Gasteiger charge is -2.27. The van der Waals surface area contributed by atoms with Crippen molar-refractivity contribution in [3.05, 3.63) is 0 Å². The van der Waals surface area contributed by atoms with Gasteiger partial charge in [0.1, 0.15) is 5.54 Å². The Hall–Kier alpha value is -1.12. The summed E-state index contributed by atoms with van der Waals surface area (Å²) in [4.78, 5) is 14.5. The Morgan fingerprint density at radius 1 is 1.30 bits per heavy atom. The molecule has 110 valence electrons. The molecule has 1 amide bonds. The number of likely N-dealkylation sites (tertiary alicyclic amines) is 1. The molecule has 0 aromatic heterocycles. The summed E-state index contributed by atoms with van der Waals surface area (Å²) < 4.78 is 0. The second-order valence-electron chi connectivity index (χ2n) is 6.61. The van der Waals surface area contributed by atoms with Crippen LogP contribution in [0.25, 0.3) is 0 Å². The van der Waals surface area contributed by atoms with Crippen molar-refractivity contribution < 1.29 is 4.79 Å². The maximum atomic E-state index is 12.2. The van der Waals surface area contributed by atoms with E-state index in [1.54, 1.807) is 0 Å². The van der Waals surface area contributed by atoms with Crippen LogP contribution in [0.4, 0.5) is 0 Å². The third-order valence-corrected chi connectivity index (χ3v) is 5.02. The monoisotopic (exact) mass is 276 g/mol. The van der Waals surface area contributed by atoms with E-state index in [1.807, 2.05) is 0 Å². The van der Waals surface area contributed by atoms with Crippen molar-refractivity contribution >= 4 is 5.91 Å². The summed E-state index contributed by atoms with van der Waals surface area (Å²) >= 11 is 0. The number of nitriles is 1. The van der Waals surface area contributed by atoms with Crippen LogP contribution in [0.3, 0.4) is 0 Å². The van der Waals surface area contributed by atoms with Gasteiger partial charge < -0.3 is 10.6 Å². The average molecular weight is 276 g/mol. The van der Waals surface area contributed by atoms with Crippen molar-refractivity contribution in [1.29, 1.82) is 5.26 Å². The molecular weight excluding hydrogens is 252 g/mol. The predicted molar refractivity (Wildman–Crippen MR) is 76.0 cm³/mol. The zero-order valence-electron chi connectivity index (χ0n) is 12.0. The first-order valence-electron chi connectivity index (χ1n) is 7.90. The van der Waals surface area contributed by atoms with Crippen molar-refractivity contribution in [2.45, 2.75) is 62.6 Å². The van der Waals surface area contributed by atoms with Gasteiger partial charge in [0.2, 0.25) is 5.91 Å². The number of rotatable bonds is 3. The topological polar surface area (TPSA) is 68.2 Å². The minimum absolute atomic E-state index is 0.0197. The predicted octanol–water partition coefficient (Wildman–Crippen LogP) is 0.765. The van der Waals surface area contributed by atoms with Gasteiger partial charge in [0.25, 0.3) is 0 Å². The quantitative estimate of drug-likeness (QED) is 0.799. The first-order valence-corrected chi connectivity index (χ1v) is 7.90. The van der Waals surface area contributed by atoms with Crippen molar-refractivity contribution in [3.8, 4) is 6.07 Å². The Bertz CT molecular complexity index is 411. The molecule has 0 aromatic carbocycles. The third kappa shape index (κ3) is 2.97. The molecular formula is C15H24N4O. The van der Waals surface area contributed by atoms with Gasteiger partial charge in [0.05, 0.1) is 12.6 Å². The van der Waals surface area contributed by atoms with Crippen LogP contribution in [0, 0.1) is 11.3 Å². The van der Waals surface area contributed by atoms with Gasteiger partial charge in [-0.3, -0.25) is 9.69 Å². The maximum Gasteiger partial charge on any atom is 0.235 e. The second kappa shape index (κ2) is 5.71. The number of hydrogen-bond donors (Lipinski definition) is 2. The zero-order chi connectivity index (χ0) is 14.0. The molecule has 5 nitrogen and oxygen atoms in total. The molecule has 2 bridgehead atoms.